The van der Waals surface area contributed by atoms with Gasteiger partial charge in [-0.25, -0.2) is 0 Å². The molecule has 2 aromatic rings. The molecule has 0 saturated heterocycles. The van der Waals surface area contributed by atoms with E-state index in [0.717, 1.165) is 5.56 Å². The zero-order valence-corrected chi connectivity index (χ0v) is 14.6. The number of nitrogens with one attached hydrogen (secondary N) is 1. The molecule has 2 amide bonds. The van der Waals surface area contributed by atoms with Gasteiger partial charge in [0.1, 0.15) is 12.4 Å². The summed E-state index contributed by atoms with van der Waals surface area (Å²) in [5, 5.41) is 3.20. The summed E-state index contributed by atoms with van der Waals surface area (Å²) in [5.41, 5.74) is 6.32. The molecule has 0 heterocycles. The third-order valence-electron chi connectivity index (χ3n) is 3.25. The number of halogens is 1. The zero-order valence-electron chi connectivity index (χ0n) is 13.9. The van der Waals surface area contributed by atoms with Crippen molar-refractivity contribution in [3.05, 3.63) is 70.8 Å². The van der Waals surface area contributed by atoms with Gasteiger partial charge in [-0.3, -0.25) is 9.59 Å². The minimum atomic E-state index is -0.564. The van der Waals surface area contributed by atoms with Crippen molar-refractivity contribution in [2.24, 2.45) is 5.73 Å². The summed E-state index contributed by atoms with van der Waals surface area (Å²) in [5.74, 6) is 5.05. The summed E-state index contributed by atoms with van der Waals surface area (Å²) in [6.07, 6.45) is 3.03. The van der Waals surface area contributed by atoms with Crippen LogP contribution in [-0.2, 0) is 4.79 Å². The maximum atomic E-state index is 11.7. The van der Waals surface area contributed by atoms with Crippen molar-refractivity contribution in [3.8, 4) is 17.6 Å². The minimum absolute atomic E-state index is 0.0790. The molecule has 0 aliphatic carbocycles. The SMILES string of the molecule is NC(=O)c1ccccc1OCC#CCNC(=O)/C=C/c1ccccc1Cl. The van der Waals surface area contributed by atoms with Gasteiger partial charge in [-0.05, 0) is 29.8 Å². The van der Waals surface area contributed by atoms with Crippen LogP contribution in [0.4, 0.5) is 0 Å². The summed E-state index contributed by atoms with van der Waals surface area (Å²) < 4.78 is 5.41. The third-order valence-corrected chi connectivity index (χ3v) is 3.59. The summed E-state index contributed by atoms with van der Waals surface area (Å²) in [4.78, 5) is 23.0. The van der Waals surface area contributed by atoms with Crippen LogP contribution in [0, 0.1) is 11.8 Å². The van der Waals surface area contributed by atoms with E-state index in [2.05, 4.69) is 17.2 Å². The fraction of sp³-hybridized carbons (Fsp3) is 0.100. The number of rotatable bonds is 6. The highest BCUT2D eigenvalue weighted by atomic mass is 35.5. The summed E-state index contributed by atoms with van der Waals surface area (Å²) in [6.45, 7) is 0.252. The van der Waals surface area contributed by atoms with Crippen LogP contribution in [0.2, 0.25) is 5.02 Å². The Morgan fingerprint density at radius 3 is 2.62 bits per heavy atom. The molecule has 3 N–H and O–H groups in total. The van der Waals surface area contributed by atoms with Crippen molar-refractivity contribution < 1.29 is 14.3 Å². The molecule has 0 spiro atoms. The van der Waals surface area contributed by atoms with E-state index in [9.17, 15) is 9.59 Å². The molecule has 26 heavy (non-hydrogen) atoms. The van der Waals surface area contributed by atoms with E-state index in [1.54, 1.807) is 36.4 Å². The van der Waals surface area contributed by atoms with Crippen molar-refractivity contribution in [1.29, 1.82) is 0 Å². The fourth-order valence-electron chi connectivity index (χ4n) is 1.99. The largest absolute Gasteiger partial charge is 0.480 e. The zero-order chi connectivity index (χ0) is 18.8. The summed E-state index contributed by atoms with van der Waals surface area (Å²) in [6, 6.07) is 13.9. The van der Waals surface area contributed by atoms with Gasteiger partial charge in [0, 0.05) is 11.1 Å². The van der Waals surface area contributed by atoms with Gasteiger partial charge < -0.3 is 15.8 Å². The average Bonchev–Trinajstić information content (AvgIpc) is 2.64. The normalized spacial score (nSPS) is 10.0. The van der Waals surface area contributed by atoms with Crippen LogP contribution >= 0.6 is 11.6 Å². The second-order valence-electron chi connectivity index (χ2n) is 5.08. The molecular weight excluding hydrogens is 352 g/mol. The molecule has 0 unspecified atom stereocenters. The molecular formula is C20H17ClN2O3. The first-order chi connectivity index (χ1) is 12.6. The Balaban J connectivity index is 1.76. The highest BCUT2D eigenvalue weighted by Crippen LogP contribution is 2.17. The summed E-state index contributed by atoms with van der Waals surface area (Å²) >= 11 is 6.00. The Morgan fingerprint density at radius 1 is 1.12 bits per heavy atom. The highest BCUT2D eigenvalue weighted by molar-refractivity contribution is 6.32. The van der Waals surface area contributed by atoms with Gasteiger partial charge in [-0.1, -0.05) is 53.8 Å². The fourth-order valence-corrected chi connectivity index (χ4v) is 2.19. The first-order valence-corrected chi connectivity index (χ1v) is 8.13. The number of amides is 2. The lowest BCUT2D eigenvalue weighted by atomic mass is 10.2. The first-order valence-electron chi connectivity index (χ1n) is 7.75. The van der Waals surface area contributed by atoms with Crippen LogP contribution < -0.4 is 15.8 Å². The monoisotopic (exact) mass is 368 g/mol. The molecule has 0 radical (unpaired) electrons. The third kappa shape index (κ3) is 6.00. The number of carbonyl (C=O) groups is 2. The number of para-hydroxylation sites is 1. The molecule has 2 rings (SSSR count). The Kier molecular flexibility index (Phi) is 7.29. The van der Waals surface area contributed by atoms with E-state index >= 15 is 0 Å². The Labute approximate surface area is 156 Å². The van der Waals surface area contributed by atoms with E-state index in [0.29, 0.717) is 16.3 Å². The number of hydrogen-bond donors (Lipinski definition) is 2. The molecule has 5 nitrogen and oxygen atoms in total. The number of hydrogen-bond acceptors (Lipinski definition) is 3. The van der Waals surface area contributed by atoms with Gasteiger partial charge >= 0.3 is 0 Å². The van der Waals surface area contributed by atoms with Crippen LogP contribution in [-0.4, -0.2) is 25.0 Å². The first kappa shape index (κ1) is 19.1. The topological polar surface area (TPSA) is 81.4 Å². The second-order valence-corrected chi connectivity index (χ2v) is 5.48. The van der Waals surface area contributed by atoms with Crippen LogP contribution in [0.5, 0.6) is 5.75 Å². The minimum Gasteiger partial charge on any atom is -0.480 e. The van der Waals surface area contributed by atoms with Gasteiger partial charge in [0.2, 0.25) is 5.91 Å². The second kappa shape index (κ2) is 9.92. The molecule has 0 aliphatic rings. The van der Waals surface area contributed by atoms with Crippen molar-refractivity contribution >= 4 is 29.5 Å². The lowest BCUT2D eigenvalue weighted by Gasteiger charge is -2.05. The maximum absolute atomic E-state index is 11.7. The smallest absolute Gasteiger partial charge is 0.252 e. The maximum Gasteiger partial charge on any atom is 0.252 e. The Morgan fingerprint density at radius 2 is 1.85 bits per heavy atom. The van der Waals surface area contributed by atoms with Gasteiger partial charge in [0.05, 0.1) is 12.1 Å². The highest BCUT2D eigenvalue weighted by Gasteiger charge is 2.06. The van der Waals surface area contributed by atoms with Crippen molar-refractivity contribution in [1.82, 2.24) is 5.32 Å². The van der Waals surface area contributed by atoms with Crippen LogP contribution in [0.1, 0.15) is 15.9 Å². The van der Waals surface area contributed by atoms with Gasteiger partial charge in [-0.2, -0.15) is 0 Å². The number of primary amides is 1. The lowest BCUT2D eigenvalue weighted by Crippen LogP contribution is -2.21. The van der Waals surface area contributed by atoms with E-state index in [4.69, 9.17) is 22.1 Å². The van der Waals surface area contributed by atoms with Crippen LogP contribution in [0.25, 0.3) is 6.08 Å². The van der Waals surface area contributed by atoms with Gasteiger partial charge in [-0.15, -0.1) is 0 Å². The number of benzene rings is 2. The Bertz CT molecular complexity index is 882. The molecule has 0 aromatic heterocycles. The molecule has 0 atom stereocenters. The molecule has 2 aromatic carbocycles. The van der Waals surface area contributed by atoms with E-state index in [1.807, 2.05) is 18.2 Å². The molecule has 132 valence electrons. The van der Waals surface area contributed by atoms with Gasteiger partial charge in [0.25, 0.3) is 5.91 Å². The van der Waals surface area contributed by atoms with Crippen LogP contribution in [0.15, 0.2) is 54.6 Å². The molecule has 6 heteroatoms. The molecule has 0 aliphatic heterocycles. The van der Waals surface area contributed by atoms with Crippen LogP contribution in [0.3, 0.4) is 0 Å². The average molecular weight is 369 g/mol. The standard InChI is InChI=1S/C20H17ClN2O3/c21-17-9-3-1-7-15(17)11-12-19(24)23-13-5-6-14-26-18-10-4-2-8-16(18)20(22)25/h1-4,7-12H,13-14H2,(H2,22,25)(H,23,24)/b12-11+. The van der Waals surface area contributed by atoms with E-state index in [1.165, 1.54) is 6.08 Å². The van der Waals surface area contributed by atoms with Crippen molar-refractivity contribution in [2.45, 2.75) is 0 Å². The quantitative estimate of drug-likeness (QED) is 0.607. The predicted octanol–water partition coefficient (Wildman–Crippen LogP) is 2.65. The molecule has 0 bridgehead atoms. The summed E-state index contributed by atoms with van der Waals surface area (Å²) in [7, 11) is 0. The predicted molar refractivity (Wildman–Crippen MR) is 102 cm³/mol. The number of nitrogens with two attached hydrogens (primary N) is 1. The van der Waals surface area contributed by atoms with E-state index in [-0.39, 0.29) is 19.1 Å². The molecule has 0 fully saturated rings. The number of carbonyl (C=O) groups excluding carboxylic acids is 2. The van der Waals surface area contributed by atoms with E-state index < -0.39 is 5.91 Å². The Hall–Kier alpha value is -3.23. The van der Waals surface area contributed by atoms with Crippen molar-refractivity contribution in [3.63, 3.8) is 0 Å². The molecule has 0 saturated carbocycles. The lowest BCUT2D eigenvalue weighted by molar-refractivity contribution is -0.116. The van der Waals surface area contributed by atoms with Gasteiger partial charge in [0.15, 0.2) is 0 Å². The van der Waals surface area contributed by atoms with Crippen molar-refractivity contribution in [2.75, 3.05) is 13.2 Å². The number of ether oxygens (including phenoxy) is 1.